The average Bonchev–Trinajstić information content (AvgIpc) is 2.92. The quantitative estimate of drug-likeness (QED) is 0.575. The molecule has 3 rings (SSSR count). The van der Waals surface area contributed by atoms with Crippen molar-refractivity contribution in [2.24, 2.45) is 0 Å². The van der Waals surface area contributed by atoms with Gasteiger partial charge in [0.2, 0.25) is 0 Å². The first kappa shape index (κ1) is 14.4. The number of non-ortho nitro benzene ring substituents is 1. The number of nitrogens with zero attached hydrogens (tertiary/aromatic N) is 3. The summed E-state index contributed by atoms with van der Waals surface area (Å²) in [6, 6.07) is 6.64. The highest BCUT2D eigenvalue weighted by Gasteiger charge is 2.14. The van der Waals surface area contributed by atoms with Gasteiger partial charge >= 0.3 is 0 Å². The van der Waals surface area contributed by atoms with Gasteiger partial charge in [-0.2, -0.15) is 0 Å². The molecule has 0 aliphatic carbocycles. The Hall–Kier alpha value is -2.54. The summed E-state index contributed by atoms with van der Waals surface area (Å²) in [7, 11) is 0. The Morgan fingerprint density at radius 2 is 2.23 bits per heavy atom. The van der Waals surface area contributed by atoms with E-state index in [1.807, 2.05) is 12.3 Å². The van der Waals surface area contributed by atoms with E-state index in [9.17, 15) is 10.1 Å². The lowest BCUT2D eigenvalue weighted by molar-refractivity contribution is -0.383. The van der Waals surface area contributed by atoms with E-state index in [1.165, 1.54) is 6.07 Å². The number of nitro benzene ring substituents is 1. The number of anilines is 1. The fourth-order valence-corrected chi connectivity index (χ4v) is 2.95. The standard InChI is InChI=1S/C15H14N4O2S/c1-10-18-11(9-22-10)6-8-16-13-4-5-14(19(20)21)12-3-2-7-17-15(12)13/h2-5,7,9,16H,6,8H2,1H3. The molecule has 0 saturated carbocycles. The second kappa shape index (κ2) is 6.07. The van der Waals surface area contributed by atoms with Crippen LogP contribution in [0, 0.1) is 17.0 Å². The normalized spacial score (nSPS) is 10.8. The minimum Gasteiger partial charge on any atom is -0.383 e. The molecule has 112 valence electrons. The van der Waals surface area contributed by atoms with Crippen molar-refractivity contribution in [3.05, 3.63) is 56.7 Å². The van der Waals surface area contributed by atoms with Crippen molar-refractivity contribution in [1.82, 2.24) is 9.97 Å². The maximum Gasteiger partial charge on any atom is 0.278 e. The molecule has 0 radical (unpaired) electrons. The monoisotopic (exact) mass is 314 g/mol. The highest BCUT2D eigenvalue weighted by molar-refractivity contribution is 7.09. The summed E-state index contributed by atoms with van der Waals surface area (Å²) in [5, 5.41) is 18.0. The molecule has 3 aromatic rings. The van der Waals surface area contributed by atoms with E-state index < -0.39 is 0 Å². The van der Waals surface area contributed by atoms with Crippen molar-refractivity contribution in [2.75, 3.05) is 11.9 Å². The predicted molar refractivity (Wildman–Crippen MR) is 87.4 cm³/mol. The summed E-state index contributed by atoms with van der Waals surface area (Å²) in [4.78, 5) is 19.4. The predicted octanol–water partition coefficient (Wildman–Crippen LogP) is 3.56. The Balaban J connectivity index is 1.82. The van der Waals surface area contributed by atoms with Gasteiger partial charge in [0, 0.05) is 30.6 Å². The second-order valence-corrected chi connectivity index (χ2v) is 5.89. The number of hydrogen-bond acceptors (Lipinski definition) is 6. The molecule has 0 atom stereocenters. The highest BCUT2D eigenvalue weighted by atomic mass is 32.1. The number of rotatable bonds is 5. The molecule has 0 spiro atoms. The smallest absolute Gasteiger partial charge is 0.278 e. The van der Waals surface area contributed by atoms with Crippen LogP contribution in [0.2, 0.25) is 0 Å². The van der Waals surface area contributed by atoms with Gasteiger partial charge in [0.25, 0.3) is 5.69 Å². The largest absolute Gasteiger partial charge is 0.383 e. The second-order valence-electron chi connectivity index (χ2n) is 4.82. The van der Waals surface area contributed by atoms with Gasteiger partial charge in [-0.3, -0.25) is 15.1 Å². The number of nitrogens with one attached hydrogen (secondary N) is 1. The van der Waals surface area contributed by atoms with Crippen molar-refractivity contribution in [1.29, 1.82) is 0 Å². The Bertz CT molecular complexity index is 831. The van der Waals surface area contributed by atoms with Crippen molar-refractivity contribution in [3.8, 4) is 0 Å². The Morgan fingerprint density at radius 1 is 1.36 bits per heavy atom. The van der Waals surface area contributed by atoms with Crippen LogP contribution in [0.15, 0.2) is 35.8 Å². The van der Waals surface area contributed by atoms with E-state index in [4.69, 9.17) is 0 Å². The number of thiazole rings is 1. The van der Waals surface area contributed by atoms with Crippen LogP contribution in [-0.2, 0) is 6.42 Å². The third-order valence-electron chi connectivity index (χ3n) is 3.31. The topological polar surface area (TPSA) is 81.0 Å². The number of aryl methyl sites for hydroxylation is 1. The zero-order valence-electron chi connectivity index (χ0n) is 11.9. The molecule has 6 nitrogen and oxygen atoms in total. The van der Waals surface area contributed by atoms with Gasteiger partial charge in [-0.1, -0.05) is 0 Å². The third kappa shape index (κ3) is 2.89. The molecule has 0 amide bonds. The van der Waals surface area contributed by atoms with Crippen molar-refractivity contribution < 1.29 is 4.92 Å². The minimum absolute atomic E-state index is 0.0729. The summed E-state index contributed by atoms with van der Waals surface area (Å²) < 4.78 is 0. The fourth-order valence-electron chi connectivity index (χ4n) is 2.31. The number of hydrogen-bond donors (Lipinski definition) is 1. The molecule has 2 aromatic heterocycles. The number of fused-ring (bicyclic) bond motifs is 1. The van der Waals surface area contributed by atoms with Gasteiger partial charge in [0.05, 0.1) is 26.7 Å². The molecule has 0 fully saturated rings. The van der Waals surface area contributed by atoms with Crippen LogP contribution in [0.1, 0.15) is 10.7 Å². The molecule has 7 heteroatoms. The van der Waals surface area contributed by atoms with E-state index in [1.54, 1.807) is 35.7 Å². The first-order chi connectivity index (χ1) is 10.6. The molecule has 22 heavy (non-hydrogen) atoms. The number of aromatic nitrogens is 2. The van der Waals surface area contributed by atoms with Gasteiger partial charge in [0.15, 0.2) is 0 Å². The summed E-state index contributed by atoms with van der Waals surface area (Å²) in [5.74, 6) is 0. The van der Waals surface area contributed by atoms with Crippen LogP contribution in [-0.4, -0.2) is 21.4 Å². The van der Waals surface area contributed by atoms with E-state index >= 15 is 0 Å². The van der Waals surface area contributed by atoms with Crippen LogP contribution in [0.4, 0.5) is 11.4 Å². The number of pyridine rings is 1. The molecule has 0 aliphatic heterocycles. The van der Waals surface area contributed by atoms with Gasteiger partial charge in [-0.25, -0.2) is 4.98 Å². The van der Waals surface area contributed by atoms with Crippen LogP contribution in [0.25, 0.3) is 10.9 Å². The Labute approximate surface area is 131 Å². The van der Waals surface area contributed by atoms with Crippen LogP contribution in [0.5, 0.6) is 0 Å². The molecular weight excluding hydrogens is 300 g/mol. The maximum atomic E-state index is 11.1. The number of benzene rings is 1. The van der Waals surface area contributed by atoms with Gasteiger partial charge in [0.1, 0.15) is 5.52 Å². The SMILES string of the molecule is Cc1nc(CCNc2ccc([N+](=O)[O-])c3cccnc23)cs1. The van der Waals surface area contributed by atoms with Crippen molar-refractivity contribution in [3.63, 3.8) is 0 Å². The van der Waals surface area contributed by atoms with Crippen molar-refractivity contribution in [2.45, 2.75) is 13.3 Å². The summed E-state index contributed by atoms with van der Waals surface area (Å²) in [5.41, 5.74) is 2.54. The Morgan fingerprint density at radius 3 is 2.95 bits per heavy atom. The first-order valence-corrected chi connectivity index (χ1v) is 7.70. The first-order valence-electron chi connectivity index (χ1n) is 6.82. The fraction of sp³-hybridized carbons (Fsp3) is 0.200. The van der Waals surface area contributed by atoms with Gasteiger partial charge in [-0.15, -0.1) is 11.3 Å². The number of nitro groups is 1. The summed E-state index contributed by atoms with van der Waals surface area (Å²) in [6.45, 7) is 2.68. The van der Waals surface area contributed by atoms with Crippen LogP contribution >= 0.6 is 11.3 Å². The molecule has 0 aliphatic rings. The average molecular weight is 314 g/mol. The van der Waals surface area contributed by atoms with E-state index in [0.29, 0.717) is 17.4 Å². The van der Waals surface area contributed by atoms with E-state index in [-0.39, 0.29) is 10.6 Å². The van der Waals surface area contributed by atoms with E-state index in [2.05, 4.69) is 15.3 Å². The zero-order valence-corrected chi connectivity index (χ0v) is 12.8. The van der Waals surface area contributed by atoms with Crippen molar-refractivity contribution >= 4 is 33.6 Å². The lowest BCUT2D eigenvalue weighted by Crippen LogP contribution is -2.06. The molecular formula is C15H14N4O2S. The maximum absolute atomic E-state index is 11.1. The molecule has 0 saturated heterocycles. The summed E-state index contributed by atoms with van der Waals surface area (Å²) in [6.07, 6.45) is 2.44. The zero-order chi connectivity index (χ0) is 15.5. The highest BCUT2D eigenvalue weighted by Crippen LogP contribution is 2.29. The summed E-state index contributed by atoms with van der Waals surface area (Å²) >= 11 is 1.63. The third-order valence-corrected chi connectivity index (χ3v) is 4.13. The van der Waals surface area contributed by atoms with Crippen LogP contribution < -0.4 is 5.32 Å². The van der Waals surface area contributed by atoms with Gasteiger partial charge in [-0.05, 0) is 25.1 Å². The molecule has 2 heterocycles. The lowest BCUT2D eigenvalue weighted by Gasteiger charge is -2.08. The van der Waals surface area contributed by atoms with Crippen LogP contribution in [0.3, 0.4) is 0 Å². The molecule has 1 N–H and O–H groups in total. The van der Waals surface area contributed by atoms with E-state index in [0.717, 1.165) is 22.8 Å². The minimum atomic E-state index is -0.383. The molecule has 0 unspecified atom stereocenters. The van der Waals surface area contributed by atoms with Gasteiger partial charge < -0.3 is 5.32 Å². The molecule has 1 aromatic carbocycles. The Kier molecular flexibility index (Phi) is 3.97. The lowest BCUT2D eigenvalue weighted by atomic mass is 10.1. The molecule has 0 bridgehead atoms.